The second-order valence-corrected chi connectivity index (χ2v) is 10.9. The number of halogens is 1. The first kappa shape index (κ1) is 21.8. The summed E-state index contributed by atoms with van der Waals surface area (Å²) in [4.78, 5) is 11.6. The van der Waals surface area contributed by atoms with Gasteiger partial charge in [-0.3, -0.25) is 5.32 Å². The van der Waals surface area contributed by atoms with Gasteiger partial charge >= 0.3 is 6.09 Å². The van der Waals surface area contributed by atoms with E-state index >= 15 is 0 Å². The topological polar surface area (TPSA) is 102 Å². The second-order valence-electron chi connectivity index (χ2n) is 8.07. The van der Waals surface area contributed by atoms with E-state index in [2.05, 4.69) is 5.32 Å². The Morgan fingerprint density at radius 2 is 1.93 bits per heavy atom. The molecule has 1 atom stereocenters. The summed E-state index contributed by atoms with van der Waals surface area (Å²) in [5, 5.41) is 12.8. The molecule has 0 spiro atoms. The highest BCUT2D eigenvalue weighted by Gasteiger charge is 2.46. The van der Waals surface area contributed by atoms with E-state index in [9.17, 15) is 18.3 Å². The number of sulfone groups is 1. The average molecular weight is 420 g/mol. The van der Waals surface area contributed by atoms with E-state index in [1.165, 1.54) is 12.1 Å². The van der Waals surface area contributed by atoms with Gasteiger partial charge in [-0.2, -0.15) is 0 Å². The molecule has 152 valence electrons. The normalized spacial score (nSPS) is 18.4. The maximum atomic E-state index is 13.3. The van der Waals surface area contributed by atoms with E-state index in [-0.39, 0.29) is 16.6 Å². The van der Waals surface area contributed by atoms with Crippen molar-refractivity contribution in [1.82, 2.24) is 0 Å². The molecule has 9 heteroatoms. The monoisotopic (exact) mass is 419 g/mol. The van der Waals surface area contributed by atoms with Crippen LogP contribution in [0.2, 0.25) is 5.02 Å². The summed E-state index contributed by atoms with van der Waals surface area (Å²) in [6.07, 6.45) is -0.215. The molecule has 7 nitrogen and oxygen atoms in total. The maximum Gasteiger partial charge on any atom is 0.412 e. The van der Waals surface area contributed by atoms with Gasteiger partial charge in [0.25, 0.3) is 0 Å². The first-order valence-electron chi connectivity index (χ1n) is 8.61. The first-order chi connectivity index (χ1) is 12.3. The molecule has 1 amide bonds. The summed E-state index contributed by atoms with van der Waals surface area (Å²) in [6, 6.07) is 2.65. The van der Waals surface area contributed by atoms with Gasteiger partial charge in [0.15, 0.2) is 15.6 Å². The molecule has 1 unspecified atom stereocenters. The number of carbonyl (C=O) groups is 1. The fraction of sp³-hybridized carbons (Fsp3) is 0.611. The van der Waals surface area contributed by atoms with Gasteiger partial charge in [-0.25, -0.2) is 13.2 Å². The molecule has 1 aromatic carbocycles. The highest BCUT2D eigenvalue weighted by atomic mass is 35.5. The van der Waals surface area contributed by atoms with Crippen molar-refractivity contribution in [3.63, 3.8) is 0 Å². The zero-order valence-corrected chi connectivity index (χ0v) is 17.7. The fourth-order valence-electron chi connectivity index (χ4n) is 2.88. The van der Waals surface area contributed by atoms with E-state index in [1.54, 1.807) is 34.6 Å². The van der Waals surface area contributed by atoms with Crippen LogP contribution >= 0.6 is 11.6 Å². The molecule has 1 aliphatic rings. The number of benzene rings is 1. The van der Waals surface area contributed by atoms with Crippen LogP contribution in [0.4, 0.5) is 10.5 Å². The van der Waals surface area contributed by atoms with Gasteiger partial charge in [-0.05, 0) is 53.2 Å². The number of hydrogen-bond acceptors (Lipinski definition) is 6. The van der Waals surface area contributed by atoms with Crippen LogP contribution in [0.5, 0.6) is 5.75 Å². The molecule has 27 heavy (non-hydrogen) atoms. The van der Waals surface area contributed by atoms with E-state index in [0.717, 1.165) is 0 Å². The smallest absolute Gasteiger partial charge is 0.412 e. The Balaban J connectivity index is 2.43. The van der Waals surface area contributed by atoms with Crippen LogP contribution in [0, 0.1) is 5.92 Å². The summed E-state index contributed by atoms with van der Waals surface area (Å²) < 4.78 is 35.9. The van der Waals surface area contributed by atoms with E-state index < -0.39 is 36.9 Å². The first-order valence-corrected chi connectivity index (χ1v) is 10.5. The SMILES string of the molecule is CC(C)(C)OC(=O)Nc1ccc(Cl)c(S(=O)(=O)C(C)(C)C2CCOC2)c1O. The van der Waals surface area contributed by atoms with Crippen LogP contribution in [-0.4, -0.2) is 43.2 Å². The van der Waals surface area contributed by atoms with Gasteiger partial charge in [0, 0.05) is 12.5 Å². The fourth-order valence-corrected chi connectivity index (χ4v) is 5.18. The molecule has 0 saturated carbocycles. The van der Waals surface area contributed by atoms with Gasteiger partial charge in [0.1, 0.15) is 10.5 Å². The number of ether oxygens (including phenoxy) is 2. The van der Waals surface area contributed by atoms with Crippen LogP contribution in [0.15, 0.2) is 17.0 Å². The molecular weight excluding hydrogens is 394 g/mol. The van der Waals surface area contributed by atoms with Gasteiger partial charge < -0.3 is 14.6 Å². The average Bonchev–Trinajstić information content (AvgIpc) is 3.03. The summed E-state index contributed by atoms with van der Waals surface area (Å²) in [7, 11) is -4.03. The Labute approximate surface area is 164 Å². The van der Waals surface area contributed by atoms with Crippen molar-refractivity contribution in [2.75, 3.05) is 18.5 Å². The lowest BCUT2D eigenvalue weighted by molar-refractivity contribution is 0.0635. The standard InChI is InChI=1S/C18H26ClNO6S/c1-17(2,3)26-16(22)20-13-7-6-12(19)15(14(13)21)27(23,24)18(4,5)11-8-9-25-10-11/h6-7,11,21H,8-10H2,1-5H3,(H,20,22). The molecule has 0 radical (unpaired) electrons. The molecule has 1 fully saturated rings. The minimum Gasteiger partial charge on any atom is -0.504 e. The predicted octanol–water partition coefficient (Wildman–Crippen LogP) is 3.98. The van der Waals surface area contributed by atoms with Gasteiger partial charge in [-0.15, -0.1) is 0 Å². The van der Waals surface area contributed by atoms with Gasteiger partial charge in [0.2, 0.25) is 0 Å². The number of amides is 1. The molecule has 0 aromatic heterocycles. The van der Waals surface area contributed by atoms with Crippen LogP contribution < -0.4 is 5.32 Å². The van der Waals surface area contributed by atoms with Crippen molar-refractivity contribution in [3.8, 4) is 5.75 Å². The zero-order valence-electron chi connectivity index (χ0n) is 16.1. The second kappa shape index (κ2) is 7.48. The van der Waals surface area contributed by atoms with Crippen molar-refractivity contribution in [2.24, 2.45) is 5.92 Å². The van der Waals surface area contributed by atoms with E-state index in [4.69, 9.17) is 21.1 Å². The quantitative estimate of drug-likeness (QED) is 0.715. The number of aromatic hydroxyl groups is 1. The predicted molar refractivity (Wildman–Crippen MR) is 103 cm³/mol. The lowest BCUT2D eigenvalue weighted by atomic mass is 9.94. The number of rotatable bonds is 4. The number of phenolic OH excluding ortho intramolecular Hbond substituents is 1. The summed E-state index contributed by atoms with van der Waals surface area (Å²) in [6.45, 7) is 9.06. The van der Waals surface area contributed by atoms with Crippen molar-refractivity contribution in [1.29, 1.82) is 0 Å². The van der Waals surface area contributed by atoms with E-state index in [1.807, 2.05) is 0 Å². The number of anilines is 1. The minimum atomic E-state index is -4.03. The zero-order chi connectivity index (χ0) is 20.6. The lowest BCUT2D eigenvalue weighted by Crippen LogP contribution is -2.40. The largest absolute Gasteiger partial charge is 0.504 e. The third kappa shape index (κ3) is 4.50. The van der Waals surface area contributed by atoms with Crippen LogP contribution in [0.3, 0.4) is 0 Å². The summed E-state index contributed by atoms with van der Waals surface area (Å²) in [5.41, 5.74) is -0.836. The van der Waals surface area contributed by atoms with E-state index in [0.29, 0.717) is 19.6 Å². The van der Waals surface area contributed by atoms with Crippen molar-refractivity contribution < 1.29 is 27.8 Å². The Morgan fingerprint density at radius 1 is 1.30 bits per heavy atom. The van der Waals surface area contributed by atoms with Crippen molar-refractivity contribution in [3.05, 3.63) is 17.2 Å². The molecule has 1 heterocycles. The van der Waals surface area contributed by atoms with Crippen molar-refractivity contribution >= 4 is 33.2 Å². The molecule has 0 bridgehead atoms. The lowest BCUT2D eigenvalue weighted by Gasteiger charge is -2.31. The number of nitrogens with one attached hydrogen (secondary N) is 1. The highest BCUT2D eigenvalue weighted by Crippen LogP contribution is 2.44. The Kier molecular flexibility index (Phi) is 6.04. The van der Waals surface area contributed by atoms with Crippen LogP contribution in [0.1, 0.15) is 41.0 Å². The minimum absolute atomic E-state index is 0.0919. The third-order valence-electron chi connectivity index (χ3n) is 4.59. The highest BCUT2D eigenvalue weighted by molar-refractivity contribution is 7.93. The summed E-state index contributed by atoms with van der Waals surface area (Å²) in [5.74, 6) is -0.846. The van der Waals surface area contributed by atoms with Crippen molar-refractivity contribution in [2.45, 2.75) is 56.3 Å². The number of phenols is 1. The molecule has 0 aliphatic carbocycles. The third-order valence-corrected chi connectivity index (χ3v) is 7.69. The number of hydrogen-bond donors (Lipinski definition) is 2. The molecule has 1 aliphatic heterocycles. The molecule has 1 aromatic rings. The Hall–Kier alpha value is -1.51. The van der Waals surface area contributed by atoms with Crippen LogP contribution in [0.25, 0.3) is 0 Å². The Bertz CT molecular complexity index is 823. The van der Waals surface area contributed by atoms with Gasteiger partial charge in [0.05, 0.1) is 22.1 Å². The number of carbonyl (C=O) groups excluding carboxylic acids is 1. The maximum absolute atomic E-state index is 13.3. The molecule has 2 rings (SSSR count). The summed E-state index contributed by atoms with van der Waals surface area (Å²) >= 11 is 6.13. The Morgan fingerprint density at radius 3 is 2.44 bits per heavy atom. The van der Waals surface area contributed by atoms with Gasteiger partial charge in [-0.1, -0.05) is 11.6 Å². The molecular formula is C18H26ClNO6S. The molecule has 1 saturated heterocycles. The van der Waals surface area contributed by atoms with Crippen LogP contribution in [-0.2, 0) is 19.3 Å². The molecule has 2 N–H and O–H groups in total.